The lowest BCUT2D eigenvalue weighted by atomic mass is 10.1. The third-order valence-electron chi connectivity index (χ3n) is 4.20. The molecule has 4 nitrogen and oxygen atoms in total. The van der Waals surface area contributed by atoms with Gasteiger partial charge in [0.15, 0.2) is 5.11 Å². The Bertz CT molecular complexity index is 717. The third kappa shape index (κ3) is 4.90. The summed E-state index contributed by atoms with van der Waals surface area (Å²) in [4.78, 5) is 2.32. The first-order valence-corrected chi connectivity index (χ1v) is 8.78. The molecule has 0 amide bonds. The molecule has 1 aliphatic heterocycles. The summed E-state index contributed by atoms with van der Waals surface area (Å²) in [5, 5.41) is 6.70. The van der Waals surface area contributed by atoms with Gasteiger partial charge in [-0.1, -0.05) is 18.2 Å². The average Bonchev–Trinajstić information content (AvgIpc) is 2.62. The Labute approximate surface area is 153 Å². The van der Waals surface area contributed by atoms with Gasteiger partial charge in [0.2, 0.25) is 0 Å². The Morgan fingerprint density at radius 1 is 1.16 bits per heavy atom. The van der Waals surface area contributed by atoms with Crippen molar-refractivity contribution in [3.05, 3.63) is 59.9 Å². The lowest BCUT2D eigenvalue weighted by molar-refractivity contribution is 0.122. The molecule has 25 heavy (non-hydrogen) atoms. The highest BCUT2D eigenvalue weighted by Crippen LogP contribution is 2.20. The number of ether oxygens (including phenoxy) is 1. The summed E-state index contributed by atoms with van der Waals surface area (Å²) in [5.74, 6) is -0.292. The van der Waals surface area contributed by atoms with E-state index in [1.54, 1.807) is 12.1 Å². The van der Waals surface area contributed by atoms with Crippen molar-refractivity contribution in [1.29, 1.82) is 0 Å². The van der Waals surface area contributed by atoms with Crippen LogP contribution < -0.4 is 15.5 Å². The van der Waals surface area contributed by atoms with Crippen molar-refractivity contribution in [2.75, 3.05) is 36.5 Å². The van der Waals surface area contributed by atoms with Crippen LogP contribution in [0.2, 0.25) is 0 Å². The number of anilines is 2. The van der Waals surface area contributed by atoms with Crippen molar-refractivity contribution in [1.82, 2.24) is 5.32 Å². The van der Waals surface area contributed by atoms with Crippen LogP contribution in [0.25, 0.3) is 0 Å². The van der Waals surface area contributed by atoms with E-state index in [4.69, 9.17) is 17.0 Å². The van der Waals surface area contributed by atoms with Gasteiger partial charge >= 0.3 is 0 Å². The summed E-state index contributed by atoms with van der Waals surface area (Å²) in [5.41, 5.74) is 2.98. The molecule has 1 fully saturated rings. The van der Waals surface area contributed by atoms with Gasteiger partial charge in [-0.25, -0.2) is 4.39 Å². The topological polar surface area (TPSA) is 36.5 Å². The zero-order valence-corrected chi connectivity index (χ0v) is 15.0. The van der Waals surface area contributed by atoms with Crippen molar-refractivity contribution in [2.24, 2.45) is 0 Å². The molecule has 132 valence electrons. The molecule has 0 radical (unpaired) electrons. The molecule has 0 saturated carbocycles. The Hall–Kier alpha value is -2.18. The normalized spacial score (nSPS) is 15.5. The highest BCUT2D eigenvalue weighted by molar-refractivity contribution is 7.80. The van der Waals surface area contributed by atoms with E-state index < -0.39 is 0 Å². The van der Waals surface area contributed by atoms with E-state index in [2.05, 4.69) is 39.8 Å². The van der Waals surface area contributed by atoms with Gasteiger partial charge in [0.05, 0.1) is 19.3 Å². The number of rotatable bonds is 4. The monoisotopic (exact) mass is 359 g/mol. The van der Waals surface area contributed by atoms with Crippen LogP contribution in [0.3, 0.4) is 0 Å². The lowest BCUT2D eigenvalue weighted by Gasteiger charge is -2.29. The molecular weight excluding hydrogens is 337 g/mol. The zero-order valence-electron chi connectivity index (χ0n) is 14.2. The van der Waals surface area contributed by atoms with Gasteiger partial charge in [0.1, 0.15) is 5.82 Å². The summed E-state index contributed by atoms with van der Waals surface area (Å²) in [7, 11) is 0. The van der Waals surface area contributed by atoms with E-state index in [9.17, 15) is 4.39 Å². The number of hydrogen-bond acceptors (Lipinski definition) is 3. The summed E-state index contributed by atoms with van der Waals surface area (Å²) < 4.78 is 18.6. The van der Waals surface area contributed by atoms with E-state index in [0.717, 1.165) is 31.9 Å². The molecule has 1 atom stereocenters. The summed E-state index contributed by atoms with van der Waals surface area (Å²) in [6.07, 6.45) is 0. The largest absolute Gasteiger partial charge is 0.378 e. The van der Waals surface area contributed by atoms with Crippen LogP contribution in [0.4, 0.5) is 15.8 Å². The van der Waals surface area contributed by atoms with Crippen molar-refractivity contribution in [3.8, 4) is 0 Å². The average molecular weight is 359 g/mol. The van der Waals surface area contributed by atoms with Gasteiger partial charge < -0.3 is 20.3 Å². The molecule has 0 aromatic heterocycles. The summed E-state index contributed by atoms with van der Waals surface area (Å²) >= 11 is 5.32. The first-order valence-electron chi connectivity index (χ1n) is 8.37. The van der Waals surface area contributed by atoms with E-state index >= 15 is 0 Å². The van der Waals surface area contributed by atoms with Gasteiger partial charge in [-0.05, 0) is 55.0 Å². The predicted molar refractivity (Wildman–Crippen MR) is 104 cm³/mol. The molecule has 0 bridgehead atoms. The maximum absolute atomic E-state index is 13.2. The number of hydrogen-bond donors (Lipinski definition) is 2. The molecule has 6 heteroatoms. The minimum atomic E-state index is -0.292. The Morgan fingerprint density at radius 3 is 2.56 bits per heavy atom. The Kier molecular flexibility index (Phi) is 5.83. The number of nitrogens with zero attached hydrogens (tertiary/aromatic N) is 1. The SMILES string of the molecule is C[C@@H](NC(=S)Nc1cccc(F)c1)c1ccc(N2CCOCC2)cc1. The van der Waals surface area contributed by atoms with Gasteiger partial charge in [-0.2, -0.15) is 0 Å². The molecular formula is C19H22FN3OS. The molecule has 0 spiro atoms. The van der Waals surface area contributed by atoms with Gasteiger partial charge in [-0.3, -0.25) is 0 Å². The molecule has 3 rings (SSSR count). The minimum Gasteiger partial charge on any atom is -0.378 e. The quantitative estimate of drug-likeness (QED) is 0.814. The van der Waals surface area contributed by atoms with Crippen LogP contribution in [-0.2, 0) is 4.74 Å². The standard InChI is InChI=1S/C19H22FN3OS/c1-14(21-19(25)22-17-4-2-3-16(20)13-17)15-5-7-18(8-6-15)23-9-11-24-12-10-23/h2-8,13-14H,9-12H2,1H3,(H2,21,22,25)/t14-/m1/s1. The molecule has 1 saturated heterocycles. The molecule has 2 N–H and O–H groups in total. The van der Waals surface area contributed by atoms with Crippen molar-refractivity contribution >= 4 is 28.7 Å². The Morgan fingerprint density at radius 2 is 1.88 bits per heavy atom. The number of benzene rings is 2. The van der Waals surface area contributed by atoms with Crippen LogP contribution in [0, 0.1) is 5.82 Å². The molecule has 0 aliphatic carbocycles. The minimum absolute atomic E-state index is 0.0484. The van der Waals surface area contributed by atoms with Crippen LogP contribution in [0.5, 0.6) is 0 Å². The highest BCUT2D eigenvalue weighted by atomic mass is 32.1. The third-order valence-corrected chi connectivity index (χ3v) is 4.42. The van der Waals surface area contributed by atoms with Crippen molar-refractivity contribution in [3.63, 3.8) is 0 Å². The molecule has 0 unspecified atom stereocenters. The fraction of sp³-hybridized carbons (Fsp3) is 0.316. The first kappa shape index (κ1) is 17.6. The highest BCUT2D eigenvalue weighted by Gasteiger charge is 2.12. The molecule has 2 aromatic carbocycles. The van der Waals surface area contributed by atoms with Crippen LogP contribution in [0.1, 0.15) is 18.5 Å². The van der Waals surface area contributed by atoms with Crippen LogP contribution >= 0.6 is 12.2 Å². The second-order valence-electron chi connectivity index (χ2n) is 6.02. The molecule has 2 aromatic rings. The number of morpholine rings is 1. The van der Waals surface area contributed by atoms with Gasteiger partial charge in [-0.15, -0.1) is 0 Å². The fourth-order valence-corrected chi connectivity index (χ4v) is 3.10. The van der Waals surface area contributed by atoms with Crippen LogP contribution in [-0.4, -0.2) is 31.4 Å². The molecule has 1 aliphatic rings. The fourth-order valence-electron chi connectivity index (χ4n) is 2.81. The second-order valence-corrected chi connectivity index (χ2v) is 6.43. The number of nitrogens with one attached hydrogen (secondary N) is 2. The zero-order chi connectivity index (χ0) is 17.6. The maximum atomic E-state index is 13.2. The summed E-state index contributed by atoms with van der Waals surface area (Å²) in [6, 6.07) is 14.8. The van der Waals surface area contributed by atoms with E-state index in [0.29, 0.717) is 10.8 Å². The van der Waals surface area contributed by atoms with Crippen LogP contribution in [0.15, 0.2) is 48.5 Å². The second kappa shape index (κ2) is 8.27. The van der Waals surface area contributed by atoms with E-state index in [-0.39, 0.29) is 11.9 Å². The van der Waals surface area contributed by atoms with Crippen molar-refractivity contribution < 1.29 is 9.13 Å². The Balaban J connectivity index is 1.57. The first-order chi connectivity index (χ1) is 12.1. The number of halogens is 1. The van der Waals surface area contributed by atoms with Gasteiger partial charge in [0, 0.05) is 24.5 Å². The lowest BCUT2D eigenvalue weighted by Crippen LogP contribution is -2.36. The summed E-state index contributed by atoms with van der Waals surface area (Å²) in [6.45, 7) is 5.45. The van der Waals surface area contributed by atoms with Gasteiger partial charge in [0.25, 0.3) is 0 Å². The predicted octanol–water partition coefficient (Wildman–Crippen LogP) is 3.71. The molecule has 1 heterocycles. The smallest absolute Gasteiger partial charge is 0.171 e. The number of thiocarbonyl (C=S) groups is 1. The maximum Gasteiger partial charge on any atom is 0.171 e. The van der Waals surface area contributed by atoms with Crippen molar-refractivity contribution in [2.45, 2.75) is 13.0 Å². The van der Waals surface area contributed by atoms with E-state index in [1.807, 2.05) is 6.92 Å². The van der Waals surface area contributed by atoms with E-state index in [1.165, 1.54) is 17.8 Å².